The Bertz CT molecular complexity index is 865. The fourth-order valence-electron chi connectivity index (χ4n) is 2.99. The summed E-state index contributed by atoms with van der Waals surface area (Å²) in [6.07, 6.45) is 11.1. The highest BCUT2D eigenvalue weighted by Crippen LogP contribution is 2.18. The van der Waals surface area contributed by atoms with Gasteiger partial charge in [-0.15, -0.1) is 0 Å². The molecule has 1 heterocycles. The van der Waals surface area contributed by atoms with Gasteiger partial charge in [-0.1, -0.05) is 56.3 Å². The molecule has 152 valence electrons. The monoisotopic (exact) mass is 405 g/mol. The highest BCUT2D eigenvalue weighted by Gasteiger charge is 2.17. The molecule has 0 aromatic heterocycles. The standard InChI is InChI=1S/C21H27NO5S/c1-4-18(5-2)21(23)19-10-8-16(9-11-19)6-7-17-12-13-22(3)20(14-17)15-27-28(24,25)26/h6-14,18,20H,4-5,15H2,1-3H3,(H,24,25,26). The Morgan fingerprint density at radius 2 is 1.86 bits per heavy atom. The number of Topliss-reactive ketones (excluding diaryl/α,β-unsaturated/α-hetero) is 1. The van der Waals surface area contributed by atoms with Crippen LogP contribution in [0.3, 0.4) is 0 Å². The lowest BCUT2D eigenvalue weighted by atomic mass is 9.92. The zero-order valence-corrected chi connectivity index (χ0v) is 17.2. The number of carbonyl (C=O) groups excluding carboxylic acids is 1. The summed E-state index contributed by atoms with van der Waals surface area (Å²) in [5, 5.41) is 0. The van der Waals surface area contributed by atoms with E-state index in [1.165, 1.54) is 0 Å². The van der Waals surface area contributed by atoms with E-state index in [-0.39, 0.29) is 24.3 Å². The average molecular weight is 406 g/mol. The van der Waals surface area contributed by atoms with Gasteiger partial charge in [0, 0.05) is 18.5 Å². The van der Waals surface area contributed by atoms with Crippen LogP contribution in [0, 0.1) is 5.92 Å². The predicted molar refractivity (Wildman–Crippen MR) is 110 cm³/mol. The van der Waals surface area contributed by atoms with Crippen LogP contribution in [-0.2, 0) is 14.6 Å². The first kappa shape index (κ1) is 22.1. The molecule has 0 radical (unpaired) electrons. The molecule has 6 nitrogen and oxygen atoms in total. The molecule has 1 aliphatic heterocycles. The number of likely N-dealkylation sites (N-methyl/N-ethyl adjacent to an activating group) is 1. The largest absolute Gasteiger partial charge is 0.397 e. The van der Waals surface area contributed by atoms with E-state index in [0.717, 1.165) is 29.5 Å². The van der Waals surface area contributed by atoms with Gasteiger partial charge in [-0.25, -0.2) is 4.18 Å². The maximum absolute atomic E-state index is 12.4. The molecule has 0 amide bonds. The van der Waals surface area contributed by atoms with Crippen molar-refractivity contribution in [2.45, 2.75) is 32.7 Å². The van der Waals surface area contributed by atoms with Crippen molar-refractivity contribution in [1.29, 1.82) is 0 Å². The molecule has 1 aromatic carbocycles. The third kappa shape index (κ3) is 6.44. The van der Waals surface area contributed by atoms with Crippen LogP contribution in [0.25, 0.3) is 6.08 Å². The summed E-state index contributed by atoms with van der Waals surface area (Å²) in [5.74, 6) is 0.251. The Morgan fingerprint density at radius 3 is 2.43 bits per heavy atom. The van der Waals surface area contributed by atoms with Crippen LogP contribution in [-0.4, -0.2) is 43.4 Å². The molecule has 0 aliphatic carbocycles. The smallest absolute Gasteiger partial charge is 0.372 e. The fourth-order valence-corrected chi connectivity index (χ4v) is 3.30. The quantitative estimate of drug-likeness (QED) is 0.496. The average Bonchev–Trinajstić information content (AvgIpc) is 2.67. The first-order valence-electron chi connectivity index (χ1n) is 9.29. The van der Waals surface area contributed by atoms with Gasteiger partial charge in [0.25, 0.3) is 0 Å². The molecule has 28 heavy (non-hydrogen) atoms. The molecule has 0 fully saturated rings. The van der Waals surface area contributed by atoms with E-state index in [4.69, 9.17) is 4.55 Å². The lowest BCUT2D eigenvalue weighted by Gasteiger charge is -2.26. The Hall–Kier alpha value is -2.22. The summed E-state index contributed by atoms with van der Waals surface area (Å²) in [4.78, 5) is 14.2. The minimum absolute atomic E-state index is 0.0674. The Kier molecular flexibility index (Phi) is 7.74. The van der Waals surface area contributed by atoms with Crippen molar-refractivity contribution in [2.24, 2.45) is 5.92 Å². The zero-order chi connectivity index (χ0) is 20.7. The number of benzene rings is 1. The second-order valence-corrected chi connectivity index (χ2v) is 7.85. The van der Waals surface area contributed by atoms with Crippen molar-refractivity contribution in [3.63, 3.8) is 0 Å². The van der Waals surface area contributed by atoms with Gasteiger partial charge in [0.2, 0.25) is 0 Å². The summed E-state index contributed by atoms with van der Waals surface area (Å²) in [6, 6.07) is 7.20. The molecule has 1 atom stereocenters. The van der Waals surface area contributed by atoms with Crippen LogP contribution < -0.4 is 0 Å². The fraction of sp³-hybridized carbons (Fsp3) is 0.381. The second kappa shape index (κ2) is 9.82. The number of hydrogen-bond donors (Lipinski definition) is 1. The van der Waals surface area contributed by atoms with Crippen LogP contribution in [0.4, 0.5) is 0 Å². The minimum Gasteiger partial charge on any atom is -0.372 e. The van der Waals surface area contributed by atoms with E-state index in [1.54, 1.807) is 11.9 Å². The summed E-state index contributed by atoms with van der Waals surface area (Å²) in [6.45, 7) is 3.88. The van der Waals surface area contributed by atoms with E-state index in [0.29, 0.717) is 0 Å². The van der Waals surface area contributed by atoms with E-state index >= 15 is 0 Å². The minimum atomic E-state index is -4.47. The van der Waals surface area contributed by atoms with Gasteiger partial charge >= 0.3 is 10.4 Å². The number of rotatable bonds is 9. The number of carbonyl (C=O) groups is 1. The Balaban J connectivity index is 2.06. The zero-order valence-electron chi connectivity index (χ0n) is 16.4. The molecule has 1 aromatic rings. The third-order valence-electron chi connectivity index (χ3n) is 4.82. The van der Waals surface area contributed by atoms with Crippen molar-refractivity contribution >= 4 is 22.3 Å². The summed E-state index contributed by atoms with van der Waals surface area (Å²) >= 11 is 0. The van der Waals surface area contributed by atoms with Gasteiger partial charge in [-0.05, 0) is 36.3 Å². The van der Waals surface area contributed by atoms with Crippen molar-refractivity contribution in [1.82, 2.24) is 4.90 Å². The SMILES string of the molecule is CCC(CC)C(=O)c1ccc(C=CC2=CC(COS(=O)(=O)O)N(C)C=C2)cc1. The molecular weight excluding hydrogens is 378 g/mol. The highest BCUT2D eigenvalue weighted by molar-refractivity contribution is 7.80. The number of hydrogen-bond acceptors (Lipinski definition) is 5. The molecule has 0 saturated heterocycles. The van der Waals surface area contributed by atoms with Gasteiger partial charge in [0.1, 0.15) is 0 Å². The van der Waals surface area contributed by atoms with Crippen molar-refractivity contribution in [3.8, 4) is 0 Å². The lowest BCUT2D eigenvalue weighted by molar-refractivity contribution is 0.0913. The maximum Gasteiger partial charge on any atom is 0.397 e. The molecule has 0 saturated carbocycles. The molecule has 0 spiro atoms. The van der Waals surface area contributed by atoms with Crippen molar-refractivity contribution in [3.05, 3.63) is 65.4 Å². The van der Waals surface area contributed by atoms with Crippen LogP contribution in [0.15, 0.2) is 54.3 Å². The molecule has 7 heteroatoms. The van der Waals surface area contributed by atoms with Crippen LogP contribution >= 0.6 is 0 Å². The van der Waals surface area contributed by atoms with Gasteiger partial charge in [0.05, 0.1) is 12.6 Å². The van der Waals surface area contributed by atoms with Crippen LogP contribution in [0.5, 0.6) is 0 Å². The normalized spacial score (nSPS) is 17.4. The molecule has 0 bridgehead atoms. The van der Waals surface area contributed by atoms with Crippen LogP contribution in [0.2, 0.25) is 0 Å². The molecule has 2 rings (SSSR count). The third-order valence-corrected chi connectivity index (χ3v) is 5.25. The first-order chi connectivity index (χ1) is 13.2. The number of ketones is 1. The Morgan fingerprint density at radius 1 is 1.21 bits per heavy atom. The molecule has 1 unspecified atom stereocenters. The van der Waals surface area contributed by atoms with Crippen LogP contribution in [0.1, 0.15) is 42.6 Å². The Labute approximate surface area is 167 Å². The predicted octanol–water partition coefficient (Wildman–Crippen LogP) is 3.89. The molecule has 1 N–H and O–H groups in total. The van der Waals surface area contributed by atoms with E-state index in [1.807, 2.05) is 68.6 Å². The van der Waals surface area contributed by atoms with Gasteiger partial charge in [-0.3, -0.25) is 9.35 Å². The maximum atomic E-state index is 12.4. The van der Waals surface area contributed by atoms with E-state index in [9.17, 15) is 13.2 Å². The highest BCUT2D eigenvalue weighted by atomic mass is 32.3. The van der Waals surface area contributed by atoms with Crippen molar-refractivity contribution in [2.75, 3.05) is 13.7 Å². The first-order valence-corrected chi connectivity index (χ1v) is 10.7. The molecular formula is C21H27NO5S. The number of allylic oxidation sites excluding steroid dienone is 3. The topological polar surface area (TPSA) is 83.9 Å². The summed E-state index contributed by atoms with van der Waals surface area (Å²) in [7, 11) is -2.67. The van der Waals surface area contributed by atoms with Crippen molar-refractivity contribution < 1.29 is 21.9 Å². The van der Waals surface area contributed by atoms with E-state index in [2.05, 4.69) is 4.18 Å². The number of nitrogens with zero attached hydrogens (tertiary/aromatic N) is 1. The lowest BCUT2D eigenvalue weighted by Crippen LogP contribution is -2.32. The van der Waals surface area contributed by atoms with E-state index < -0.39 is 10.4 Å². The molecule has 1 aliphatic rings. The van der Waals surface area contributed by atoms with Gasteiger partial charge in [-0.2, -0.15) is 8.42 Å². The second-order valence-electron chi connectivity index (χ2n) is 6.76. The van der Waals surface area contributed by atoms with Gasteiger partial charge < -0.3 is 4.90 Å². The van der Waals surface area contributed by atoms with Gasteiger partial charge in [0.15, 0.2) is 5.78 Å². The summed E-state index contributed by atoms with van der Waals surface area (Å²) in [5.41, 5.74) is 2.57. The summed E-state index contributed by atoms with van der Waals surface area (Å²) < 4.78 is 34.7.